The van der Waals surface area contributed by atoms with Gasteiger partial charge in [-0.05, 0) is 66.6 Å². The highest BCUT2D eigenvalue weighted by atomic mass is 35.5. The number of urea groups is 1. The summed E-state index contributed by atoms with van der Waals surface area (Å²) < 4.78 is 5.11. The topological polar surface area (TPSA) is 87.7 Å². The zero-order chi connectivity index (χ0) is 23.6. The molecule has 0 spiro atoms. The number of carbonyl (C=O) groups is 3. The predicted octanol–water partition coefficient (Wildman–Crippen LogP) is 4.57. The number of nitrogens with zero attached hydrogens (tertiary/aromatic N) is 1. The van der Waals surface area contributed by atoms with Gasteiger partial charge in [0.15, 0.2) is 0 Å². The number of nitrogens with one attached hydrogen (secondary N) is 2. The number of carbonyl (C=O) groups excluding carboxylic acids is 3. The second-order valence-corrected chi connectivity index (χ2v) is 8.27. The molecule has 1 saturated heterocycles. The van der Waals surface area contributed by atoms with Gasteiger partial charge in [0.2, 0.25) is 0 Å². The van der Waals surface area contributed by atoms with Crippen molar-refractivity contribution in [1.82, 2.24) is 10.2 Å². The Bertz CT molecular complexity index is 1190. The Morgan fingerprint density at radius 2 is 1.64 bits per heavy atom. The Kier molecular flexibility index (Phi) is 6.07. The van der Waals surface area contributed by atoms with Crippen LogP contribution in [0.3, 0.4) is 0 Å². The largest absolute Gasteiger partial charge is 0.497 e. The molecule has 1 aliphatic rings. The summed E-state index contributed by atoms with van der Waals surface area (Å²) in [5.41, 5.74) is 1.31. The minimum Gasteiger partial charge on any atom is -0.497 e. The maximum absolute atomic E-state index is 13.1. The molecule has 3 aromatic rings. The second kappa shape index (κ2) is 8.96. The highest BCUT2D eigenvalue weighted by molar-refractivity contribution is 6.30. The van der Waals surface area contributed by atoms with E-state index < -0.39 is 11.6 Å². The zero-order valence-electron chi connectivity index (χ0n) is 18.1. The van der Waals surface area contributed by atoms with Crippen LogP contribution < -0.4 is 15.4 Å². The monoisotopic (exact) mass is 463 g/mol. The number of ether oxygens (including phenoxy) is 1. The van der Waals surface area contributed by atoms with Gasteiger partial charge in [0.1, 0.15) is 11.3 Å². The number of halogens is 1. The van der Waals surface area contributed by atoms with E-state index in [2.05, 4.69) is 10.6 Å². The number of imide groups is 1. The molecule has 2 N–H and O–H groups in total. The van der Waals surface area contributed by atoms with Crippen molar-refractivity contribution in [3.05, 3.63) is 94.5 Å². The van der Waals surface area contributed by atoms with Crippen molar-refractivity contribution >= 4 is 35.1 Å². The van der Waals surface area contributed by atoms with Gasteiger partial charge in [-0.15, -0.1) is 0 Å². The van der Waals surface area contributed by atoms with E-state index in [0.717, 1.165) is 5.56 Å². The van der Waals surface area contributed by atoms with Crippen molar-refractivity contribution < 1.29 is 19.1 Å². The first-order chi connectivity index (χ1) is 15.8. The molecule has 0 aromatic heterocycles. The fourth-order valence-electron chi connectivity index (χ4n) is 3.64. The smallest absolute Gasteiger partial charge is 0.325 e. The van der Waals surface area contributed by atoms with Gasteiger partial charge in [-0.25, -0.2) is 4.79 Å². The van der Waals surface area contributed by atoms with Gasteiger partial charge in [0.25, 0.3) is 11.8 Å². The average Bonchev–Trinajstić information content (AvgIpc) is 3.04. The standard InChI is InChI=1S/C25H22ClN3O4/c1-25(18-7-9-19(26)10-8-18)23(31)29(24(32)28-25)15-16-3-5-17(6-4-16)22(30)27-20-11-13-21(33-2)14-12-20/h3-14H,15H2,1-2H3,(H,27,30)(H,28,32). The van der Waals surface area contributed by atoms with Crippen LogP contribution in [0.4, 0.5) is 10.5 Å². The van der Waals surface area contributed by atoms with Crippen LogP contribution >= 0.6 is 11.6 Å². The van der Waals surface area contributed by atoms with Crippen LogP contribution in [0.15, 0.2) is 72.8 Å². The molecule has 1 unspecified atom stereocenters. The number of amides is 4. The Labute approximate surface area is 196 Å². The summed E-state index contributed by atoms with van der Waals surface area (Å²) in [6.45, 7) is 1.76. The molecule has 7 nitrogen and oxygen atoms in total. The van der Waals surface area contributed by atoms with Crippen molar-refractivity contribution in [2.75, 3.05) is 12.4 Å². The molecular weight excluding hydrogens is 442 g/mol. The molecule has 1 aliphatic heterocycles. The van der Waals surface area contributed by atoms with Crippen LogP contribution in [-0.2, 0) is 16.9 Å². The van der Waals surface area contributed by atoms with Gasteiger partial charge >= 0.3 is 6.03 Å². The summed E-state index contributed by atoms with van der Waals surface area (Å²) in [6.07, 6.45) is 0. The van der Waals surface area contributed by atoms with E-state index in [1.165, 1.54) is 4.90 Å². The SMILES string of the molecule is COc1ccc(NC(=O)c2ccc(CN3C(=O)NC(C)(c4ccc(Cl)cc4)C3=O)cc2)cc1. The van der Waals surface area contributed by atoms with Gasteiger partial charge in [0.05, 0.1) is 13.7 Å². The van der Waals surface area contributed by atoms with Crippen molar-refractivity contribution in [2.24, 2.45) is 0 Å². The lowest BCUT2D eigenvalue weighted by Crippen LogP contribution is -2.40. The molecule has 0 aliphatic carbocycles. The fourth-order valence-corrected chi connectivity index (χ4v) is 3.77. The van der Waals surface area contributed by atoms with E-state index in [-0.39, 0.29) is 18.4 Å². The maximum Gasteiger partial charge on any atom is 0.325 e. The Morgan fingerprint density at radius 1 is 1.00 bits per heavy atom. The first-order valence-corrected chi connectivity index (χ1v) is 10.6. The molecule has 1 fully saturated rings. The van der Waals surface area contributed by atoms with Gasteiger partial charge in [0, 0.05) is 16.3 Å². The summed E-state index contributed by atoms with van der Waals surface area (Å²) >= 11 is 5.94. The van der Waals surface area contributed by atoms with E-state index in [0.29, 0.717) is 27.6 Å². The summed E-state index contributed by atoms with van der Waals surface area (Å²) in [6, 6.07) is 20.1. The first kappa shape index (κ1) is 22.4. The molecule has 33 heavy (non-hydrogen) atoms. The predicted molar refractivity (Wildman–Crippen MR) is 125 cm³/mol. The normalized spacial score (nSPS) is 17.6. The summed E-state index contributed by atoms with van der Waals surface area (Å²) in [5, 5.41) is 6.14. The van der Waals surface area contributed by atoms with E-state index in [9.17, 15) is 14.4 Å². The first-order valence-electron chi connectivity index (χ1n) is 10.2. The van der Waals surface area contributed by atoms with Crippen molar-refractivity contribution in [2.45, 2.75) is 19.0 Å². The number of benzene rings is 3. The fraction of sp³-hybridized carbons (Fsp3) is 0.160. The third-order valence-corrected chi connectivity index (χ3v) is 5.85. The molecule has 8 heteroatoms. The Morgan fingerprint density at radius 3 is 2.24 bits per heavy atom. The molecule has 3 aromatic carbocycles. The third-order valence-electron chi connectivity index (χ3n) is 5.60. The van der Waals surface area contributed by atoms with Crippen LogP contribution in [0.5, 0.6) is 5.75 Å². The zero-order valence-corrected chi connectivity index (χ0v) is 18.8. The van der Waals surface area contributed by atoms with Crippen LogP contribution in [0.2, 0.25) is 5.02 Å². The van der Waals surface area contributed by atoms with Gasteiger partial charge in [-0.1, -0.05) is 35.9 Å². The molecular formula is C25H22ClN3O4. The molecule has 0 saturated carbocycles. The molecule has 1 atom stereocenters. The van der Waals surface area contributed by atoms with E-state index in [1.807, 2.05) is 0 Å². The molecule has 0 bridgehead atoms. The summed E-state index contributed by atoms with van der Waals surface area (Å²) in [5.74, 6) is 0.0816. The Hall–Kier alpha value is -3.84. The van der Waals surface area contributed by atoms with E-state index in [1.54, 1.807) is 86.8 Å². The van der Waals surface area contributed by atoms with Crippen molar-refractivity contribution in [1.29, 1.82) is 0 Å². The van der Waals surface area contributed by atoms with E-state index >= 15 is 0 Å². The van der Waals surface area contributed by atoms with Crippen LogP contribution in [0, 0.1) is 0 Å². The minimum absolute atomic E-state index is 0.0915. The summed E-state index contributed by atoms with van der Waals surface area (Å²) in [4.78, 5) is 39.3. The Balaban J connectivity index is 1.44. The van der Waals surface area contributed by atoms with Crippen molar-refractivity contribution in [3.8, 4) is 5.75 Å². The van der Waals surface area contributed by atoms with Gasteiger partial charge < -0.3 is 15.4 Å². The molecule has 168 valence electrons. The van der Waals surface area contributed by atoms with Crippen LogP contribution in [-0.4, -0.2) is 29.9 Å². The second-order valence-electron chi connectivity index (χ2n) is 7.83. The lowest BCUT2D eigenvalue weighted by molar-refractivity contribution is -0.131. The number of methoxy groups -OCH3 is 1. The molecule has 4 amide bonds. The van der Waals surface area contributed by atoms with E-state index in [4.69, 9.17) is 16.3 Å². The maximum atomic E-state index is 13.1. The number of rotatable bonds is 6. The lowest BCUT2D eigenvalue weighted by atomic mass is 9.92. The van der Waals surface area contributed by atoms with Crippen LogP contribution in [0.25, 0.3) is 0 Å². The quantitative estimate of drug-likeness (QED) is 0.524. The minimum atomic E-state index is -1.17. The number of hydrogen-bond acceptors (Lipinski definition) is 4. The highest BCUT2D eigenvalue weighted by Gasteiger charge is 2.48. The van der Waals surface area contributed by atoms with Crippen molar-refractivity contribution in [3.63, 3.8) is 0 Å². The van der Waals surface area contributed by atoms with Crippen LogP contribution in [0.1, 0.15) is 28.4 Å². The number of hydrogen-bond donors (Lipinski definition) is 2. The molecule has 4 rings (SSSR count). The van der Waals surface area contributed by atoms with Gasteiger partial charge in [-0.2, -0.15) is 0 Å². The third kappa shape index (κ3) is 4.54. The molecule has 0 radical (unpaired) electrons. The average molecular weight is 464 g/mol. The highest BCUT2D eigenvalue weighted by Crippen LogP contribution is 2.30. The number of anilines is 1. The lowest BCUT2D eigenvalue weighted by Gasteiger charge is -2.22. The summed E-state index contributed by atoms with van der Waals surface area (Å²) in [7, 11) is 1.58. The molecule has 1 heterocycles. The van der Waals surface area contributed by atoms with Gasteiger partial charge in [-0.3, -0.25) is 14.5 Å².